The summed E-state index contributed by atoms with van der Waals surface area (Å²) in [5.74, 6) is 0. The lowest BCUT2D eigenvalue weighted by Crippen LogP contribution is -2.03. The maximum atomic E-state index is 5.42. The number of halogens is 3. The highest BCUT2D eigenvalue weighted by atomic mass is 35.6. The summed E-state index contributed by atoms with van der Waals surface area (Å²) in [5, 5.41) is 3.52. The van der Waals surface area contributed by atoms with Gasteiger partial charge in [0.15, 0.2) is 0 Å². The first kappa shape index (κ1) is 11.6. The fraction of sp³-hybridized carbons (Fsp3) is 0.222. The third kappa shape index (κ3) is 5.32. The van der Waals surface area contributed by atoms with E-state index in [9.17, 15) is 0 Å². The van der Waals surface area contributed by atoms with Crippen LogP contribution in [0.15, 0.2) is 35.5 Å². The van der Waals surface area contributed by atoms with E-state index in [0.717, 1.165) is 11.8 Å². The molecular formula is C9H8Cl3NO. The van der Waals surface area contributed by atoms with Crippen molar-refractivity contribution in [2.24, 2.45) is 5.16 Å². The van der Waals surface area contributed by atoms with E-state index in [1.807, 2.05) is 30.3 Å². The fourth-order valence-corrected chi connectivity index (χ4v) is 0.903. The SMILES string of the molecule is ClC(Cl)(Cl)/C=N\OCc1ccccc1. The smallest absolute Gasteiger partial charge is 0.229 e. The lowest BCUT2D eigenvalue weighted by molar-refractivity contribution is 0.131. The largest absolute Gasteiger partial charge is 0.391 e. The second-order valence-electron chi connectivity index (χ2n) is 2.54. The van der Waals surface area contributed by atoms with Gasteiger partial charge in [-0.1, -0.05) is 70.3 Å². The number of nitrogens with zero attached hydrogens (tertiary/aromatic N) is 1. The minimum Gasteiger partial charge on any atom is -0.391 e. The molecular weight excluding hydrogens is 244 g/mol. The zero-order chi connectivity index (χ0) is 10.4. The Kier molecular flexibility index (Phi) is 4.52. The Morgan fingerprint density at radius 2 is 1.86 bits per heavy atom. The van der Waals surface area contributed by atoms with Gasteiger partial charge in [-0.25, -0.2) is 0 Å². The Balaban J connectivity index is 2.33. The van der Waals surface area contributed by atoms with Crippen LogP contribution in [0.2, 0.25) is 0 Å². The molecule has 0 spiro atoms. The average Bonchev–Trinajstić information content (AvgIpc) is 2.13. The predicted molar refractivity (Wildman–Crippen MR) is 60.0 cm³/mol. The molecule has 2 nitrogen and oxygen atoms in total. The number of hydrogen-bond acceptors (Lipinski definition) is 2. The molecule has 0 fully saturated rings. The zero-order valence-corrected chi connectivity index (χ0v) is 9.43. The number of rotatable bonds is 3. The van der Waals surface area contributed by atoms with Crippen molar-refractivity contribution in [3.63, 3.8) is 0 Å². The molecule has 1 rings (SSSR count). The Hall–Kier alpha value is -0.440. The standard InChI is InChI=1S/C9H8Cl3NO/c10-9(11,12)7-13-14-6-8-4-2-1-3-5-8/h1-5,7H,6H2/b13-7-. The molecule has 0 aliphatic heterocycles. The lowest BCUT2D eigenvalue weighted by Gasteiger charge is -2.02. The van der Waals surface area contributed by atoms with E-state index in [1.165, 1.54) is 0 Å². The molecule has 0 aliphatic carbocycles. The molecule has 14 heavy (non-hydrogen) atoms. The molecule has 0 radical (unpaired) electrons. The summed E-state index contributed by atoms with van der Waals surface area (Å²) in [7, 11) is 0. The van der Waals surface area contributed by atoms with Gasteiger partial charge in [-0.2, -0.15) is 0 Å². The van der Waals surface area contributed by atoms with Gasteiger partial charge in [-0.15, -0.1) is 0 Å². The van der Waals surface area contributed by atoms with E-state index in [1.54, 1.807) is 0 Å². The Labute approximate surface area is 97.4 Å². The van der Waals surface area contributed by atoms with Gasteiger partial charge in [0.05, 0.1) is 6.21 Å². The van der Waals surface area contributed by atoms with Crippen molar-refractivity contribution in [3.8, 4) is 0 Å². The van der Waals surface area contributed by atoms with Crippen LogP contribution in [0.3, 0.4) is 0 Å². The normalized spacial score (nSPS) is 11.9. The Morgan fingerprint density at radius 1 is 1.21 bits per heavy atom. The van der Waals surface area contributed by atoms with E-state index in [4.69, 9.17) is 39.6 Å². The molecule has 0 unspecified atom stereocenters. The fourth-order valence-electron chi connectivity index (χ4n) is 0.783. The van der Waals surface area contributed by atoms with Crippen LogP contribution in [0.1, 0.15) is 5.56 Å². The molecule has 0 saturated heterocycles. The summed E-state index contributed by atoms with van der Waals surface area (Å²) in [4.78, 5) is 4.91. The van der Waals surface area contributed by atoms with Crippen LogP contribution in [0.5, 0.6) is 0 Å². The summed E-state index contributed by atoms with van der Waals surface area (Å²) in [5.41, 5.74) is 1.01. The van der Waals surface area contributed by atoms with Crippen molar-refractivity contribution in [1.82, 2.24) is 0 Å². The first-order valence-corrected chi connectivity index (χ1v) is 4.98. The van der Waals surface area contributed by atoms with E-state index in [2.05, 4.69) is 5.16 Å². The van der Waals surface area contributed by atoms with Gasteiger partial charge in [0.25, 0.3) is 0 Å². The summed E-state index contributed by atoms with van der Waals surface area (Å²) in [6, 6.07) is 9.60. The van der Waals surface area contributed by atoms with Gasteiger partial charge < -0.3 is 4.84 Å². The van der Waals surface area contributed by atoms with Crippen molar-refractivity contribution in [2.75, 3.05) is 0 Å². The number of oxime groups is 1. The molecule has 0 heterocycles. The number of benzene rings is 1. The minimum absolute atomic E-state index is 0.359. The molecule has 0 N–H and O–H groups in total. The van der Waals surface area contributed by atoms with Crippen LogP contribution < -0.4 is 0 Å². The van der Waals surface area contributed by atoms with Gasteiger partial charge in [-0.05, 0) is 5.56 Å². The van der Waals surface area contributed by atoms with Gasteiger partial charge >= 0.3 is 0 Å². The second-order valence-corrected chi connectivity index (χ2v) is 4.90. The van der Waals surface area contributed by atoms with E-state index >= 15 is 0 Å². The maximum absolute atomic E-state index is 5.42. The van der Waals surface area contributed by atoms with Crippen molar-refractivity contribution < 1.29 is 4.84 Å². The highest BCUT2D eigenvalue weighted by molar-refractivity contribution is 6.74. The van der Waals surface area contributed by atoms with E-state index in [0.29, 0.717) is 6.61 Å². The number of hydrogen-bond donors (Lipinski definition) is 0. The average molecular weight is 253 g/mol. The maximum Gasteiger partial charge on any atom is 0.229 e. The third-order valence-corrected chi connectivity index (χ3v) is 1.64. The molecule has 1 aromatic carbocycles. The molecule has 0 aliphatic rings. The molecule has 0 saturated carbocycles. The van der Waals surface area contributed by atoms with Crippen molar-refractivity contribution >= 4 is 41.0 Å². The predicted octanol–water partition coefficient (Wildman–Crippen LogP) is 3.56. The lowest BCUT2D eigenvalue weighted by atomic mass is 10.2. The molecule has 0 aromatic heterocycles. The van der Waals surface area contributed by atoms with Crippen LogP contribution in [0, 0.1) is 0 Å². The summed E-state index contributed by atoms with van der Waals surface area (Å²) in [6.07, 6.45) is 1.11. The van der Waals surface area contributed by atoms with Crippen LogP contribution >= 0.6 is 34.8 Å². The molecule has 0 bridgehead atoms. The van der Waals surface area contributed by atoms with Crippen LogP contribution in [0.25, 0.3) is 0 Å². The van der Waals surface area contributed by atoms with E-state index in [-0.39, 0.29) is 0 Å². The first-order chi connectivity index (χ1) is 6.58. The molecule has 1 aromatic rings. The number of alkyl halides is 3. The summed E-state index contributed by atoms with van der Waals surface area (Å²) >= 11 is 16.2. The molecule has 0 amide bonds. The van der Waals surface area contributed by atoms with E-state index < -0.39 is 3.79 Å². The van der Waals surface area contributed by atoms with Crippen molar-refractivity contribution in [1.29, 1.82) is 0 Å². The Morgan fingerprint density at radius 3 is 2.43 bits per heavy atom. The van der Waals surface area contributed by atoms with Gasteiger partial charge in [0.1, 0.15) is 6.61 Å². The molecule has 0 atom stereocenters. The summed E-state index contributed by atoms with van der Waals surface area (Å²) in [6.45, 7) is 0.359. The van der Waals surface area contributed by atoms with Gasteiger partial charge in [0, 0.05) is 0 Å². The monoisotopic (exact) mass is 251 g/mol. The molecule has 76 valence electrons. The quantitative estimate of drug-likeness (QED) is 0.458. The van der Waals surface area contributed by atoms with Crippen molar-refractivity contribution in [2.45, 2.75) is 10.4 Å². The third-order valence-electron chi connectivity index (χ3n) is 1.35. The second kappa shape index (κ2) is 5.44. The van der Waals surface area contributed by atoms with Crippen LogP contribution in [-0.4, -0.2) is 10.0 Å². The first-order valence-electron chi connectivity index (χ1n) is 3.85. The Bertz CT molecular complexity index is 295. The summed E-state index contributed by atoms with van der Waals surface area (Å²) < 4.78 is -1.50. The van der Waals surface area contributed by atoms with Gasteiger partial charge in [-0.3, -0.25) is 0 Å². The highest BCUT2D eigenvalue weighted by Gasteiger charge is 2.15. The zero-order valence-electron chi connectivity index (χ0n) is 7.16. The van der Waals surface area contributed by atoms with Crippen molar-refractivity contribution in [3.05, 3.63) is 35.9 Å². The van der Waals surface area contributed by atoms with Crippen LogP contribution in [0.4, 0.5) is 0 Å². The topological polar surface area (TPSA) is 21.6 Å². The van der Waals surface area contributed by atoms with Crippen LogP contribution in [-0.2, 0) is 11.4 Å². The minimum atomic E-state index is -1.50. The van der Waals surface area contributed by atoms with Gasteiger partial charge in [0.2, 0.25) is 3.79 Å². The highest BCUT2D eigenvalue weighted by Crippen LogP contribution is 2.22. The molecule has 5 heteroatoms.